The fourth-order valence-electron chi connectivity index (χ4n) is 1.81. The first-order valence-corrected chi connectivity index (χ1v) is 5.67. The Morgan fingerprint density at radius 2 is 1.94 bits per heavy atom. The minimum atomic E-state index is -0.121. The Balaban J connectivity index is 1.51. The van der Waals surface area contributed by atoms with E-state index in [1.807, 2.05) is 18.2 Å². The molecule has 0 radical (unpaired) electrons. The highest BCUT2D eigenvalue weighted by molar-refractivity contribution is 5.46. The average molecular weight is 238 g/mol. The number of benzene rings is 1. The van der Waals surface area contributed by atoms with Gasteiger partial charge < -0.3 is 23.7 Å². The predicted octanol–water partition coefficient (Wildman–Crippen LogP) is 1.56. The summed E-state index contributed by atoms with van der Waals surface area (Å²) in [5.41, 5.74) is 0. The molecule has 0 bridgehead atoms. The zero-order chi connectivity index (χ0) is 11.5. The maximum atomic E-state index is 5.60. The third-order valence-electron chi connectivity index (χ3n) is 2.66. The van der Waals surface area contributed by atoms with E-state index in [-0.39, 0.29) is 13.1 Å². The van der Waals surface area contributed by atoms with E-state index >= 15 is 0 Å². The quantitative estimate of drug-likeness (QED) is 0.796. The molecule has 0 N–H and O–H groups in total. The van der Waals surface area contributed by atoms with Gasteiger partial charge in [0.15, 0.2) is 17.8 Å². The van der Waals surface area contributed by atoms with Crippen LogP contribution >= 0.6 is 0 Å². The molecule has 0 atom stereocenters. The summed E-state index contributed by atoms with van der Waals surface area (Å²) in [5.74, 6) is 2.27. The molecule has 1 aromatic carbocycles. The summed E-state index contributed by atoms with van der Waals surface area (Å²) >= 11 is 0. The Hall–Kier alpha value is -1.46. The Bertz CT molecular complexity index is 386. The van der Waals surface area contributed by atoms with Gasteiger partial charge in [0, 0.05) is 12.5 Å². The van der Waals surface area contributed by atoms with Gasteiger partial charge in [-0.15, -0.1) is 0 Å². The molecule has 1 fully saturated rings. The van der Waals surface area contributed by atoms with Crippen LogP contribution < -0.4 is 14.2 Å². The van der Waals surface area contributed by atoms with Crippen LogP contribution in [-0.2, 0) is 9.47 Å². The molecule has 0 amide bonds. The summed E-state index contributed by atoms with van der Waals surface area (Å²) in [5, 5.41) is 0. The van der Waals surface area contributed by atoms with Crippen LogP contribution in [0, 0.1) is 0 Å². The van der Waals surface area contributed by atoms with Crippen LogP contribution in [0.4, 0.5) is 0 Å². The topological polar surface area (TPSA) is 46.2 Å². The second-order valence-corrected chi connectivity index (χ2v) is 3.82. The van der Waals surface area contributed by atoms with Crippen molar-refractivity contribution in [2.24, 2.45) is 0 Å². The number of hydrogen-bond acceptors (Lipinski definition) is 5. The second kappa shape index (κ2) is 4.81. The van der Waals surface area contributed by atoms with Crippen LogP contribution in [-0.4, -0.2) is 32.9 Å². The summed E-state index contributed by atoms with van der Waals surface area (Å²) in [6.45, 7) is 2.19. The van der Waals surface area contributed by atoms with Crippen LogP contribution in [0.25, 0.3) is 0 Å². The molecule has 2 heterocycles. The van der Waals surface area contributed by atoms with Crippen molar-refractivity contribution in [3.63, 3.8) is 0 Å². The van der Waals surface area contributed by atoms with Crippen molar-refractivity contribution < 1.29 is 23.7 Å². The number of fused-ring (bicyclic) bond motifs is 1. The Labute approximate surface area is 99.2 Å². The molecule has 1 saturated heterocycles. The Morgan fingerprint density at radius 1 is 1.12 bits per heavy atom. The van der Waals surface area contributed by atoms with E-state index < -0.39 is 0 Å². The van der Waals surface area contributed by atoms with Crippen molar-refractivity contribution in [1.82, 2.24) is 0 Å². The van der Waals surface area contributed by atoms with Gasteiger partial charge in [-0.3, -0.25) is 0 Å². The van der Waals surface area contributed by atoms with Gasteiger partial charge in [0.2, 0.25) is 6.79 Å². The van der Waals surface area contributed by atoms with Crippen LogP contribution in [0.2, 0.25) is 0 Å². The zero-order valence-electron chi connectivity index (χ0n) is 9.39. The third-order valence-corrected chi connectivity index (χ3v) is 2.66. The summed E-state index contributed by atoms with van der Waals surface area (Å²) in [6.07, 6.45) is 0.609. The minimum Gasteiger partial charge on any atom is -0.493 e. The highest BCUT2D eigenvalue weighted by Gasteiger charge is 2.16. The molecule has 0 aromatic heterocycles. The zero-order valence-corrected chi connectivity index (χ0v) is 9.39. The smallest absolute Gasteiger partial charge is 0.231 e. The van der Waals surface area contributed by atoms with Gasteiger partial charge in [0.25, 0.3) is 0 Å². The second-order valence-electron chi connectivity index (χ2n) is 3.82. The van der Waals surface area contributed by atoms with Gasteiger partial charge in [-0.25, -0.2) is 0 Å². The van der Waals surface area contributed by atoms with Crippen LogP contribution in [0.3, 0.4) is 0 Å². The summed E-state index contributed by atoms with van der Waals surface area (Å²) < 4.78 is 26.7. The van der Waals surface area contributed by atoms with E-state index in [1.54, 1.807) is 0 Å². The summed E-state index contributed by atoms with van der Waals surface area (Å²) in [6, 6.07) is 5.54. The molecule has 0 saturated carbocycles. The summed E-state index contributed by atoms with van der Waals surface area (Å²) in [4.78, 5) is 0. The normalized spacial score (nSPS) is 18.6. The van der Waals surface area contributed by atoms with Crippen molar-refractivity contribution in [3.8, 4) is 17.2 Å². The van der Waals surface area contributed by atoms with E-state index in [4.69, 9.17) is 23.7 Å². The lowest BCUT2D eigenvalue weighted by Crippen LogP contribution is -2.12. The van der Waals surface area contributed by atoms with Crippen molar-refractivity contribution in [3.05, 3.63) is 18.2 Å². The van der Waals surface area contributed by atoms with Crippen molar-refractivity contribution in [2.75, 3.05) is 26.6 Å². The van der Waals surface area contributed by atoms with Gasteiger partial charge in [-0.1, -0.05) is 0 Å². The molecule has 0 unspecified atom stereocenters. The molecule has 1 aromatic rings. The van der Waals surface area contributed by atoms with Gasteiger partial charge in [0.05, 0.1) is 19.8 Å². The molecule has 5 heteroatoms. The van der Waals surface area contributed by atoms with E-state index in [1.165, 1.54) is 0 Å². The molecular formula is C12H14O5. The SMILES string of the molecule is c1cc2c(cc1OCCC1OCCO1)OCO2. The van der Waals surface area contributed by atoms with Crippen molar-refractivity contribution in [2.45, 2.75) is 12.7 Å². The fraction of sp³-hybridized carbons (Fsp3) is 0.500. The lowest BCUT2D eigenvalue weighted by atomic mass is 10.3. The average Bonchev–Trinajstić information content (AvgIpc) is 2.98. The molecule has 92 valence electrons. The monoisotopic (exact) mass is 238 g/mol. The molecule has 3 rings (SSSR count). The Kier molecular flexibility index (Phi) is 3.02. The molecular weight excluding hydrogens is 224 g/mol. The lowest BCUT2D eigenvalue weighted by Gasteiger charge is -2.10. The molecule has 2 aliphatic heterocycles. The number of rotatable bonds is 4. The molecule has 2 aliphatic rings. The minimum absolute atomic E-state index is 0.121. The molecule has 0 aliphatic carbocycles. The van der Waals surface area contributed by atoms with Crippen LogP contribution in [0.15, 0.2) is 18.2 Å². The third kappa shape index (κ3) is 2.45. The molecule has 0 spiro atoms. The fourth-order valence-corrected chi connectivity index (χ4v) is 1.81. The standard InChI is InChI=1S/C12H14O5/c1-2-10-11(17-8-16-10)7-9(1)13-4-3-12-14-5-6-15-12/h1-2,7,12H,3-6,8H2. The van der Waals surface area contributed by atoms with Crippen molar-refractivity contribution in [1.29, 1.82) is 0 Å². The first-order valence-electron chi connectivity index (χ1n) is 5.67. The van der Waals surface area contributed by atoms with Gasteiger partial charge in [0.1, 0.15) is 5.75 Å². The molecule has 5 nitrogen and oxygen atoms in total. The van der Waals surface area contributed by atoms with Crippen molar-refractivity contribution >= 4 is 0 Å². The predicted molar refractivity (Wildman–Crippen MR) is 58.4 cm³/mol. The number of hydrogen-bond donors (Lipinski definition) is 0. The lowest BCUT2D eigenvalue weighted by molar-refractivity contribution is -0.0531. The number of ether oxygens (including phenoxy) is 5. The first kappa shape index (κ1) is 10.7. The molecule has 17 heavy (non-hydrogen) atoms. The van der Waals surface area contributed by atoms with Crippen LogP contribution in [0.1, 0.15) is 6.42 Å². The highest BCUT2D eigenvalue weighted by Crippen LogP contribution is 2.35. The van der Waals surface area contributed by atoms with Crippen LogP contribution in [0.5, 0.6) is 17.2 Å². The van der Waals surface area contributed by atoms with E-state index in [9.17, 15) is 0 Å². The highest BCUT2D eigenvalue weighted by atomic mass is 16.7. The maximum absolute atomic E-state index is 5.60. The van der Waals surface area contributed by atoms with Gasteiger partial charge in [-0.2, -0.15) is 0 Å². The summed E-state index contributed by atoms with van der Waals surface area (Å²) in [7, 11) is 0. The van der Waals surface area contributed by atoms with E-state index in [0.717, 1.165) is 23.7 Å². The first-order chi connectivity index (χ1) is 8.42. The van der Waals surface area contributed by atoms with E-state index in [0.29, 0.717) is 19.8 Å². The van der Waals surface area contributed by atoms with Gasteiger partial charge in [-0.05, 0) is 12.1 Å². The van der Waals surface area contributed by atoms with Gasteiger partial charge >= 0.3 is 0 Å². The maximum Gasteiger partial charge on any atom is 0.231 e. The van der Waals surface area contributed by atoms with E-state index in [2.05, 4.69) is 0 Å². The Morgan fingerprint density at radius 3 is 2.82 bits per heavy atom. The largest absolute Gasteiger partial charge is 0.493 e.